The number of nitrogens with two attached hydrogens (primary N) is 1. The number of hydrogen-bond donors (Lipinski definition) is 3. The monoisotopic (exact) mass is 468 g/mol. The quantitative estimate of drug-likeness (QED) is 0.366. The van der Waals surface area contributed by atoms with Crippen molar-refractivity contribution in [2.24, 2.45) is 5.73 Å². The van der Waals surface area contributed by atoms with E-state index in [9.17, 15) is 19.2 Å². The summed E-state index contributed by atoms with van der Waals surface area (Å²) in [7, 11) is 0. The highest BCUT2D eigenvalue weighted by Crippen LogP contribution is 2.24. The van der Waals surface area contributed by atoms with Crippen LogP contribution in [0.1, 0.15) is 81.1 Å². The molecule has 2 atom stereocenters. The first-order chi connectivity index (χ1) is 15.0. The van der Waals surface area contributed by atoms with E-state index in [1.165, 1.54) is 6.92 Å². The third-order valence-corrected chi connectivity index (χ3v) is 5.81. The second-order valence-corrected chi connectivity index (χ2v) is 10.9. The molecule has 33 heavy (non-hydrogen) atoms. The number of rotatable bonds is 12. The molecule has 190 valence electrons. The van der Waals surface area contributed by atoms with Gasteiger partial charge in [-0.2, -0.15) is 0 Å². The van der Waals surface area contributed by atoms with E-state index in [1.54, 1.807) is 53.4 Å². The number of amides is 1. The molecule has 0 radical (unpaired) electrons. The molecule has 9 nitrogen and oxygen atoms in total. The lowest BCUT2D eigenvalue weighted by Gasteiger charge is -2.37. The van der Waals surface area contributed by atoms with Crippen LogP contribution >= 0.6 is 0 Å². The number of carbonyl (C=O) groups is 4. The van der Waals surface area contributed by atoms with Crippen molar-refractivity contribution in [3.05, 3.63) is 0 Å². The van der Waals surface area contributed by atoms with Crippen molar-refractivity contribution in [1.82, 2.24) is 15.5 Å². The second-order valence-electron chi connectivity index (χ2n) is 10.9. The first-order valence-electron chi connectivity index (χ1n) is 11.8. The molecule has 0 bridgehead atoms. The number of Topliss-reactive ketones (excluding diaryl/α,β-unsaturated/α-hetero) is 2. The number of likely N-dealkylation sites (tertiary alicyclic amines) is 1. The lowest BCUT2D eigenvalue weighted by atomic mass is 9.86. The van der Waals surface area contributed by atoms with Crippen LogP contribution in [-0.2, 0) is 23.9 Å². The van der Waals surface area contributed by atoms with Gasteiger partial charge in [0.25, 0.3) is 0 Å². The van der Waals surface area contributed by atoms with Gasteiger partial charge in [0.2, 0.25) is 5.91 Å². The van der Waals surface area contributed by atoms with Crippen molar-refractivity contribution in [3.63, 3.8) is 0 Å². The topological polar surface area (TPSA) is 131 Å². The van der Waals surface area contributed by atoms with Crippen LogP contribution < -0.4 is 16.4 Å². The van der Waals surface area contributed by atoms with Gasteiger partial charge in [-0.15, -0.1) is 0 Å². The Balaban J connectivity index is 3.08. The van der Waals surface area contributed by atoms with Crippen molar-refractivity contribution in [1.29, 1.82) is 0 Å². The van der Waals surface area contributed by atoms with Gasteiger partial charge >= 0.3 is 5.97 Å². The molecule has 4 N–H and O–H groups in total. The molecule has 1 amide bonds. The van der Waals surface area contributed by atoms with Crippen LogP contribution in [-0.4, -0.2) is 76.7 Å². The number of carbonyl (C=O) groups excluding carboxylic acids is 4. The van der Waals surface area contributed by atoms with Crippen LogP contribution in [0.25, 0.3) is 0 Å². The molecule has 1 rings (SSSR count). The molecule has 1 aliphatic rings. The van der Waals surface area contributed by atoms with Gasteiger partial charge in [0, 0.05) is 33.0 Å². The number of ketones is 2. The van der Waals surface area contributed by atoms with E-state index in [0.717, 1.165) is 6.42 Å². The highest BCUT2D eigenvalue weighted by Gasteiger charge is 2.43. The molecule has 0 spiro atoms. The lowest BCUT2D eigenvalue weighted by Crippen LogP contribution is -2.63. The van der Waals surface area contributed by atoms with Crippen LogP contribution in [0.3, 0.4) is 0 Å². The van der Waals surface area contributed by atoms with Crippen molar-refractivity contribution < 1.29 is 23.9 Å². The highest BCUT2D eigenvalue weighted by atomic mass is 16.6. The SMILES string of the molecule is CC(=O)N1CCCC1C(=O)C(C)(C)NC(CCC(=O)OC(C)(C)C)C(=O)C(C)(C)NCCN. The summed E-state index contributed by atoms with van der Waals surface area (Å²) in [6.07, 6.45) is 1.58. The molecule has 0 saturated carbocycles. The minimum absolute atomic E-state index is 0.0287. The van der Waals surface area contributed by atoms with Gasteiger partial charge in [0.15, 0.2) is 11.6 Å². The average Bonchev–Trinajstić information content (AvgIpc) is 3.17. The zero-order valence-electron chi connectivity index (χ0n) is 21.7. The van der Waals surface area contributed by atoms with Crippen LogP contribution in [0.5, 0.6) is 0 Å². The van der Waals surface area contributed by atoms with Gasteiger partial charge in [-0.3, -0.25) is 24.5 Å². The second kappa shape index (κ2) is 11.5. The Morgan fingerprint density at radius 3 is 2.18 bits per heavy atom. The molecule has 2 unspecified atom stereocenters. The van der Waals surface area contributed by atoms with E-state index >= 15 is 0 Å². The Hall–Kier alpha value is -1.84. The van der Waals surface area contributed by atoms with E-state index in [1.807, 2.05) is 0 Å². The van der Waals surface area contributed by atoms with Gasteiger partial charge in [0.05, 0.1) is 23.2 Å². The molecule has 0 aromatic carbocycles. The summed E-state index contributed by atoms with van der Waals surface area (Å²) >= 11 is 0. The normalized spacial score (nSPS) is 18.2. The standard InChI is InChI=1S/C24H44N4O5/c1-16(29)28-15-9-10-18(28)21(32)24(7,8)27-17(11-12-19(30)33-22(2,3)4)20(31)23(5,6)26-14-13-25/h17-18,26-27H,9-15,25H2,1-8H3. The van der Waals surface area contributed by atoms with E-state index in [4.69, 9.17) is 10.5 Å². The van der Waals surface area contributed by atoms with Gasteiger partial charge in [-0.05, 0) is 67.7 Å². The van der Waals surface area contributed by atoms with Crippen molar-refractivity contribution in [3.8, 4) is 0 Å². The van der Waals surface area contributed by atoms with Gasteiger partial charge in [0.1, 0.15) is 5.60 Å². The van der Waals surface area contributed by atoms with E-state index < -0.39 is 34.7 Å². The summed E-state index contributed by atoms with van der Waals surface area (Å²) in [5.41, 5.74) is 2.97. The van der Waals surface area contributed by atoms with Crippen LogP contribution in [0.4, 0.5) is 0 Å². The summed E-state index contributed by atoms with van der Waals surface area (Å²) < 4.78 is 5.40. The highest BCUT2D eigenvalue weighted by molar-refractivity contribution is 5.97. The molecular formula is C24H44N4O5. The number of esters is 1. The first kappa shape index (κ1) is 29.2. The van der Waals surface area contributed by atoms with Crippen LogP contribution in [0.15, 0.2) is 0 Å². The molecule has 1 heterocycles. The summed E-state index contributed by atoms with van der Waals surface area (Å²) in [6, 6.07) is -1.29. The van der Waals surface area contributed by atoms with Crippen molar-refractivity contribution in [2.75, 3.05) is 19.6 Å². The largest absolute Gasteiger partial charge is 0.460 e. The Labute approximate surface area is 198 Å². The van der Waals surface area contributed by atoms with E-state index in [-0.39, 0.29) is 30.3 Å². The van der Waals surface area contributed by atoms with E-state index in [0.29, 0.717) is 26.1 Å². The zero-order valence-corrected chi connectivity index (χ0v) is 21.7. The molecule has 0 aromatic rings. The minimum Gasteiger partial charge on any atom is -0.460 e. The first-order valence-corrected chi connectivity index (χ1v) is 11.8. The van der Waals surface area contributed by atoms with Gasteiger partial charge in [-0.25, -0.2) is 0 Å². The molecule has 9 heteroatoms. The maximum Gasteiger partial charge on any atom is 0.306 e. The Morgan fingerprint density at radius 1 is 1.06 bits per heavy atom. The maximum absolute atomic E-state index is 13.5. The number of nitrogens with zero attached hydrogens (tertiary/aromatic N) is 1. The number of ether oxygens (including phenoxy) is 1. The Kier molecular flexibility index (Phi) is 10.2. The number of hydrogen-bond acceptors (Lipinski definition) is 8. The predicted molar refractivity (Wildman–Crippen MR) is 128 cm³/mol. The Bertz CT molecular complexity index is 727. The maximum atomic E-state index is 13.5. The third-order valence-electron chi connectivity index (χ3n) is 5.81. The number of nitrogens with one attached hydrogen (secondary N) is 2. The minimum atomic E-state index is -1.08. The van der Waals surface area contributed by atoms with Gasteiger partial charge < -0.3 is 20.7 Å². The summed E-state index contributed by atoms with van der Waals surface area (Å²) in [4.78, 5) is 52.8. The fourth-order valence-electron chi connectivity index (χ4n) is 4.17. The van der Waals surface area contributed by atoms with Crippen LogP contribution in [0.2, 0.25) is 0 Å². The molecular weight excluding hydrogens is 424 g/mol. The summed E-state index contributed by atoms with van der Waals surface area (Å²) in [6.45, 7) is 15.2. The fourth-order valence-corrected chi connectivity index (χ4v) is 4.17. The van der Waals surface area contributed by atoms with E-state index in [2.05, 4.69) is 10.6 Å². The molecule has 0 aromatic heterocycles. The zero-order chi connectivity index (χ0) is 25.6. The van der Waals surface area contributed by atoms with Crippen molar-refractivity contribution >= 4 is 23.4 Å². The van der Waals surface area contributed by atoms with Gasteiger partial charge in [-0.1, -0.05) is 0 Å². The lowest BCUT2D eigenvalue weighted by molar-refractivity contribution is -0.155. The summed E-state index contributed by atoms with van der Waals surface area (Å²) in [5, 5.41) is 6.35. The third kappa shape index (κ3) is 8.79. The predicted octanol–water partition coefficient (Wildman–Crippen LogP) is 1.32. The smallest absolute Gasteiger partial charge is 0.306 e. The summed E-state index contributed by atoms with van der Waals surface area (Å²) in [5.74, 6) is -0.850. The fraction of sp³-hybridized carbons (Fsp3) is 0.833. The Morgan fingerprint density at radius 2 is 1.67 bits per heavy atom. The molecule has 0 aliphatic carbocycles. The molecule has 1 saturated heterocycles. The molecule has 1 fully saturated rings. The van der Waals surface area contributed by atoms with Crippen molar-refractivity contribution in [2.45, 2.75) is 110 Å². The van der Waals surface area contributed by atoms with Crippen LogP contribution in [0, 0.1) is 0 Å². The molecule has 1 aliphatic heterocycles. The average molecular weight is 469 g/mol.